The molecule has 1 aliphatic rings. The highest BCUT2D eigenvalue weighted by Gasteiger charge is 2.40. The molecule has 2 aromatic rings. The Morgan fingerprint density at radius 1 is 1.03 bits per heavy atom. The number of oxime groups is 2. The van der Waals surface area contributed by atoms with Crippen LogP contribution in [-0.4, -0.2) is 38.7 Å². The molecule has 0 aromatic heterocycles. The van der Waals surface area contributed by atoms with Crippen LogP contribution in [0.15, 0.2) is 58.8 Å². The fraction of sp³-hybridized carbons (Fsp3) is 0.348. The highest BCUT2D eigenvalue weighted by Crippen LogP contribution is 2.48. The molecule has 7 heteroatoms. The van der Waals surface area contributed by atoms with Gasteiger partial charge in [0.1, 0.15) is 19.5 Å². The summed E-state index contributed by atoms with van der Waals surface area (Å²) in [5, 5.41) is 8.11. The number of carbonyl (C=O) groups is 1. The van der Waals surface area contributed by atoms with Crippen LogP contribution in [0.3, 0.4) is 0 Å². The quantitative estimate of drug-likeness (QED) is 0.356. The van der Waals surface area contributed by atoms with Crippen molar-refractivity contribution < 1.29 is 23.9 Å². The molecule has 2 aromatic carbocycles. The van der Waals surface area contributed by atoms with Crippen LogP contribution < -0.4 is 4.74 Å². The van der Waals surface area contributed by atoms with Gasteiger partial charge < -0.3 is 19.1 Å². The van der Waals surface area contributed by atoms with Crippen LogP contribution in [0.5, 0.6) is 5.75 Å². The third-order valence-electron chi connectivity index (χ3n) is 5.13. The minimum Gasteiger partial charge on any atom is -0.497 e. The van der Waals surface area contributed by atoms with Gasteiger partial charge in [0.25, 0.3) is 0 Å². The lowest BCUT2D eigenvalue weighted by Crippen LogP contribution is -2.19. The standard InChI is InChI=1S/C23H26N2O5/c1-15(20-13-21(20)16-9-11-18(27-2)12-10-16)24-30-14-17-7-5-6-8-19(17)22(25-29-4)23(26)28-3/h5-12,20-21H,13-14H2,1-4H3/b24-15+,25-22+/t20-,21-/m0/s1. The van der Waals surface area contributed by atoms with Crippen LogP contribution in [-0.2, 0) is 25.8 Å². The third kappa shape index (κ3) is 4.97. The maximum atomic E-state index is 12.0. The van der Waals surface area contributed by atoms with E-state index in [9.17, 15) is 4.79 Å². The molecule has 7 nitrogen and oxygen atoms in total. The second-order valence-electron chi connectivity index (χ2n) is 7.00. The molecule has 0 bridgehead atoms. The molecule has 0 radical (unpaired) electrons. The van der Waals surface area contributed by atoms with Crippen molar-refractivity contribution in [3.8, 4) is 5.75 Å². The number of nitrogens with zero attached hydrogens (tertiary/aromatic N) is 2. The summed E-state index contributed by atoms with van der Waals surface area (Å²) in [7, 11) is 4.34. The molecule has 30 heavy (non-hydrogen) atoms. The Kier molecular flexibility index (Phi) is 7.06. The zero-order chi connectivity index (χ0) is 21.5. The predicted octanol–water partition coefficient (Wildman–Crippen LogP) is 3.91. The molecule has 0 N–H and O–H groups in total. The van der Waals surface area contributed by atoms with Crippen molar-refractivity contribution >= 4 is 17.4 Å². The minimum absolute atomic E-state index is 0.0849. The largest absolute Gasteiger partial charge is 0.497 e. The van der Waals surface area contributed by atoms with Gasteiger partial charge in [-0.2, -0.15) is 0 Å². The summed E-state index contributed by atoms with van der Waals surface area (Å²) in [6.07, 6.45) is 1.05. The Labute approximate surface area is 176 Å². The highest BCUT2D eigenvalue weighted by molar-refractivity contribution is 6.43. The van der Waals surface area contributed by atoms with Crippen LogP contribution in [0.25, 0.3) is 0 Å². The van der Waals surface area contributed by atoms with Gasteiger partial charge in [-0.15, -0.1) is 0 Å². The monoisotopic (exact) mass is 410 g/mol. The van der Waals surface area contributed by atoms with Crippen molar-refractivity contribution in [3.05, 3.63) is 65.2 Å². The van der Waals surface area contributed by atoms with Crippen LogP contribution in [0.1, 0.15) is 36.0 Å². The lowest BCUT2D eigenvalue weighted by Gasteiger charge is -2.10. The zero-order valence-electron chi connectivity index (χ0n) is 17.6. The van der Waals surface area contributed by atoms with Crippen LogP contribution in [0.4, 0.5) is 0 Å². The van der Waals surface area contributed by atoms with Crippen molar-refractivity contribution in [3.63, 3.8) is 0 Å². The van der Waals surface area contributed by atoms with Gasteiger partial charge in [-0.05, 0) is 37.0 Å². The van der Waals surface area contributed by atoms with Gasteiger partial charge in [0.15, 0.2) is 5.71 Å². The van der Waals surface area contributed by atoms with E-state index < -0.39 is 5.97 Å². The molecule has 0 spiro atoms. The minimum atomic E-state index is -0.579. The van der Waals surface area contributed by atoms with E-state index in [0.29, 0.717) is 17.4 Å². The lowest BCUT2D eigenvalue weighted by atomic mass is 10.0. The Morgan fingerprint density at radius 3 is 2.43 bits per heavy atom. The number of ether oxygens (including phenoxy) is 2. The maximum absolute atomic E-state index is 12.0. The van der Waals surface area contributed by atoms with Crippen LogP contribution in [0.2, 0.25) is 0 Å². The summed E-state index contributed by atoms with van der Waals surface area (Å²) in [6.45, 7) is 2.18. The zero-order valence-corrected chi connectivity index (χ0v) is 17.6. The summed E-state index contributed by atoms with van der Waals surface area (Å²) in [5.41, 5.74) is 3.66. The van der Waals surface area contributed by atoms with Crippen molar-refractivity contribution in [1.82, 2.24) is 0 Å². The number of carbonyl (C=O) groups excluding carboxylic acids is 1. The van der Waals surface area contributed by atoms with Gasteiger partial charge in [0, 0.05) is 17.0 Å². The average Bonchev–Trinajstić information content (AvgIpc) is 3.58. The maximum Gasteiger partial charge on any atom is 0.360 e. The molecule has 1 fully saturated rings. The topological polar surface area (TPSA) is 78.7 Å². The number of rotatable bonds is 9. The lowest BCUT2D eigenvalue weighted by molar-refractivity contribution is -0.132. The van der Waals surface area contributed by atoms with Gasteiger partial charge in [0.05, 0.1) is 19.9 Å². The summed E-state index contributed by atoms with van der Waals surface area (Å²) >= 11 is 0. The molecule has 3 rings (SSSR count). The van der Waals surface area contributed by atoms with E-state index in [1.165, 1.54) is 19.8 Å². The first-order valence-corrected chi connectivity index (χ1v) is 9.67. The molecule has 0 aliphatic heterocycles. The van der Waals surface area contributed by atoms with Crippen LogP contribution >= 0.6 is 0 Å². The normalized spacial score (nSPS) is 18.5. The predicted molar refractivity (Wildman–Crippen MR) is 114 cm³/mol. The smallest absolute Gasteiger partial charge is 0.360 e. The van der Waals surface area contributed by atoms with Gasteiger partial charge in [-0.1, -0.05) is 46.7 Å². The van der Waals surface area contributed by atoms with Crippen molar-refractivity contribution in [1.29, 1.82) is 0 Å². The van der Waals surface area contributed by atoms with Gasteiger partial charge >= 0.3 is 5.97 Å². The number of methoxy groups -OCH3 is 2. The average molecular weight is 410 g/mol. The summed E-state index contributed by atoms with van der Waals surface area (Å²) in [6, 6.07) is 15.4. The first-order chi connectivity index (χ1) is 14.6. The molecule has 158 valence electrons. The van der Waals surface area contributed by atoms with E-state index >= 15 is 0 Å². The number of esters is 1. The van der Waals surface area contributed by atoms with E-state index in [1.807, 2.05) is 37.3 Å². The first kappa shape index (κ1) is 21.4. The molecule has 0 saturated heterocycles. The summed E-state index contributed by atoms with van der Waals surface area (Å²) in [5.74, 6) is 1.10. The van der Waals surface area contributed by atoms with Gasteiger partial charge in [-0.3, -0.25) is 0 Å². The van der Waals surface area contributed by atoms with Crippen LogP contribution in [0, 0.1) is 5.92 Å². The van der Waals surface area contributed by atoms with E-state index in [-0.39, 0.29) is 12.3 Å². The van der Waals surface area contributed by atoms with E-state index in [1.54, 1.807) is 13.2 Å². The molecule has 0 amide bonds. The number of benzene rings is 2. The molecule has 2 atom stereocenters. The summed E-state index contributed by atoms with van der Waals surface area (Å²) in [4.78, 5) is 22.4. The SMILES string of the molecule is CO/N=C(/C(=O)OC)c1ccccc1CO/N=C(\C)[C@@H]1C[C@H]1c1ccc(OC)cc1. The van der Waals surface area contributed by atoms with E-state index in [0.717, 1.165) is 23.4 Å². The fourth-order valence-corrected chi connectivity index (χ4v) is 3.41. The number of hydrogen-bond acceptors (Lipinski definition) is 7. The molecule has 1 aliphatic carbocycles. The Bertz CT molecular complexity index is 937. The van der Waals surface area contributed by atoms with Gasteiger partial charge in [0.2, 0.25) is 0 Å². The van der Waals surface area contributed by atoms with Crippen molar-refractivity contribution in [2.75, 3.05) is 21.3 Å². The summed E-state index contributed by atoms with van der Waals surface area (Å²) < 4.78 is 10.0. The Hall–Kier alpha value is -3.35. The van der Waals surface area contributed by atoms with E-state index in [2.05, 4.69) is 22.4 Å². The molecule has 1 saturated carbocycles. The fourth-order valence-electron chi connectivity index (χ4n) is 3.41. The second kappa shape index (κ2) is 9.91. The first-order valence-electron chi connectivity index (χ1n) is 9.67. The van der Waals surface area contributed by atoms with Crippen molar-refractivity contribution in [2.45, 2.75) is 25.9 Å². The number of hydrogen-bond donors (Lipinski definition) is 0. The molecule has 0 unspecified atom stereocenters. The Morgan fingerprint density at radius 2 is 1.77 bits per heavy atom. The molecular formula is C23H26N2O5. The van der Waals surface area contributed by atoms with Gasteiger partial charge in [-0.25, -0.2) is 4.79 Å². The van der Waals surface area contributed by atoms with Crippen molar-refractivity contribution in [2.24, 2.45) is 16.2 Å². The molecular weight excluding hydrogens is 384 g/mol. The Balaban J connectivity index is 1.64. The molecule has 0 heterocycles. The third-order valence-corrected chi connectivity index (χ3v) is 5.13. The highest BCUT2D eigenvalue weighted by atomic mass is 16.6. The second-order valence-corrected chi connectivity index (χ2v) is 7.00. The van der Waals surface area contributed by atoms with E-state index in [4.69, 9.17) is 19.1 Å².